The van der Waals surface area contributed by atoms with Gasteiger partial charge in [0, 0.05) is 19.3 Å². The molecule has 1 aliphatic rings. The Morgan fingerprint density at radius 3 is 2.58 bits per heavy atom. The van der Waals surface area contributed by atoms with Crippen LogP contribution in [-0.4, -0.2) is 51.0 Å². The molecule has 0 amide bonds. The van der Waals surface area contributed by atoms with Gasteiger partial charge in [0.05, 0.1) is 23.0 Å². The third-order valence-electron chi connectivity index (χ3n) is 2.68. The number of hydrogen-bond acceptors (Lipinski definition) is 7. The van der Waals surface area contributed by atoms with Crippen LogP contribution in [0.4, 0.5) is 11.9 Å². The Hall–Kier alpha value is -1.49. The predicted octanol–water partition coefficient (Wildman–Crippen LogP) is 0.0807. The normalized spacial score (nSPS) is 15.7. The van der Waals surface area contributed by atoms with Gasteiger partial charge in [-0.25, -0.2) is 4.68 Å². The Morgan fingerprint density at radius 1 is 1.16 bits per heavy atom. The average Bonchev–Trinajstić information content (AvgIpc) is 2.86. The van der Waals surface area contributed by atoms with Gasteiger partial charge in [-0.3, -0.25) is 0 Å². The molecule has 2 aromatic rings. The van der Waals surface area contributed by atoms with Crippen molar-refractivity contribution in [3.8, 4) is 5.95 Å². The Labute approximate surface area is 123 Å². The lowest BCUT2D eigenvalue weighted by molar-refractivity contribution is 0.122. The highest BCUT2D eigenvalue weighted by Crippen LogP contribution is 2.13. The second-order valence-corrected chi connectivity index (χ2v) is 5.24. The van der Waals surface area contributed by atoms with Gasteiger partial charge in [0.2, 0.25) is 11.9 Å². The zero-order chi connectivity index (χ0) is 13.2. The van der Waals surface area contributed by atoms with Crippen LogP contribution in [0.15, 0.2) is 12.4 Å². The first kappa shape index (κ1) is 12.5. The summed E-state index contributed by atoms with van der Waals surface area (Å²) in [5, 5.41) is 4.17. The molecule has 19 heavy (non-hydrogen) atoms. The number of nitrogen functional groups attached to an aromatic ring is 1. The lowest BCUT2D eigenvalue weighted by atomic mass is 10.4. The standard InChI is InChI=1S/C10H12IN7O/c11-7-5-13-18(6-7)10-15-8(12)14-9(16-10)17-1-3-19-4-2-17/h5-6H,1-4H2,(H2,12,14,15,16). The minimum atomic E-state index is 0.192. The molecule has 100 valence electrons. The maximum atomic E-state index is 5.75. The van der Waals surface area contributed by atoms with Crippen LogP contribution in [0.3, 0.4) is 0 Å². The van der Waals surface area contributed by atoms with E-state index in [0.717, 1.165) is 16.7 Å². The molecule has 1 saturated heterocycles. The molecule has 0 spiro atoms. The fraction of sp³-hybridized carbons (Fsp3) is 0.400. The summed E-state index contributed by atoms with van der Waals surface area (Å²) in [6, 6.07) is 0. The molecule has 1 aliphatic heterocycles. The summed E-state index contributed by atoms with van der Waals surface area (Å²) in [5.41, 5.74) is 5.75. The van der Waals surface area contributed by atoms with Gasteiger partial charge >= 0.3 is 0 Å². The number of ether oxygens (including phenoxy) is 1. The Morgan fingerprint density at radius 2 is 1.89 bits per heavy atom. The van der Waals surface area contributed by atoms with Gasteiger partial charge < -0.3 is 15.4 Å². The molecule has 0 saturated carbocycles. The Bertz CT molecular complexity index is 581. The molecule has 1 fully saturated rings. The van der Waals surface area contributed by atoms with Crippen LogP contribution < -0.4 is 10.6 Å². The van der Waals surface area contributed by atoms with E-state index < -0.39 is 0 Å². The average molecular weight is 373 g/mol. The summed E-state index contributed by atoms with van der Waals surface area (Å²) in [5.74, 6) is 1.19. The first-order chi connectivity index (χ1) is 9.22. The van der Waals surface area contributed by atoms with Crippen molar-refractivity contribution in [2.75, 3.05) is 36.9 Å². The SMILES string of the molecule is Nc1nc(N2CCOCC2)nc(-n2cc(I)cn2)n1. The van der Waals surface area contributed by atoms with Crippen molar-refractivity contribution in [1.82, 2.24) is 24.7 Å². The zero-order valence-electron chi connectivity index (χ0n) is 10.0. The molecule has 2 aromatic heterocycles. The van der Waals surface area contributed by atoms with E-state index in [1.54, 1.807) is 10.9 Å². The largest absolute Gasteiger partial charge is 0.378 e. The highest BCUT2D eigenvalue weighted by atomic mass is 127. The molecule has 0 bridgehead atoms. The lowest BCUT2D eigenvalue weighted by Gasteiger charge is -2.26. The second kappa shape index (κ2) is 5.25. The number of hydrogen-bond donors (Lipinski definition) is 1. The summed E-state index contributed by atoms with van der Waals surface area (Å²) in [4.78, 5) is 14.7. The van der Waals surface area contributed by atoms with Crippen molar-refractivity contribution in [2.45, 2.75) is 0 Å². The Balaban J connectivity index is 1.95. The van der Waals surface area contributed by atoms with Crippen molar-refractivity contribution in [1.29, 1.82) is 0 Å². The fourth-order valence-corrected chi connectivity index (χ4v) is 2.18. The first-order valence-corrected chi connectivity index (χ1v) is 6.85. The van der Waals surface area contributed by atoms with Crippen LogP contribution in [0, 0.1) is 3.57 Å². The number of anilines is 2. The van der Waals surface area contributed by atoms with Gasteiger partial charge in [0.15, 0.2) is 0 Å². The summed E-state index contributed by atoms with van der Waals surface area (Å²) in [6.07, 6.45) is 3.56. The lowest BCUT2D eigenvalue weighted by Crippen LogP contribution is -2.37. The molecule has 0 aromatic carbocycles. The van der Waals surface area contributed by atoms with Gasteiger partial charge in [-0.15, -0.1) is 0 Å². The molecule has 8 nitrogen and oxygen atoms in total. The summed E-state index contributed by atoms with van der Waals surface area (Å²) in [6.45, 7) is 2.83. The fourth-order valence-electron chi connectivity index (χ4n) is 1.79. The smallest absolute Gasteiger partial charge is 0.257 e. The van der Waals surface area contributed by atoms with Crippen molar-refractivity contribution >= 4 is 34.5 Å². The summed E-state index contributed by atoms with van der Waals surface area (Å²) in [7, 11) is 0. The van der Waals surface area contributed by atoms with Crippen LogP contribution in [0.2, 0.25) is 0 Å². The van der Waals surface area contributed by atoms with Crippen LogP contribution in [0.1, 0.15) is 0 Å². The first-order valence-electron chi connectivity index (χ1n) is 5.77. The van der Waals surface area contributed by atoms with E-state index in [1.165, 1.54) is 0 Å². The summed E-state index contributed by atoms with van der Waals surface area (Å²) < 4.78 is 7.90. The van der Waals surface area contributed by atoms with E-state index in [1.807, 2.05) is 11.1 Å². The van der Waals surface area contributed by atoms with Gasteiger partial charge in [0.25, 0.3) is 5.95 Å². The van der Waals surface area contributed by atoms with Crippen LogP contribution in [0.5, 0.6) is 0 Å². The number of morpholine rings is 1. The number of nitrogens with zero attached hydrogens (tertiary/aromatic N) is 6. The quantitative estimate of drug-likeness (QED) is 0.745. The van der Waals surface area contributed by atoms with Gasteiger partial charge in [-0.1, -0.05) is 0 Å². The molecule has 2 N–H and O–H groups in total. The second-order valence-electron chi connectivity index (χ2n) is 4.00. The van der Waals surface area contributed by atoms with Gasteiger partial charge in [0.1, 0.15) is 0 Å². The third-order valence-corrected chi connectivity index (χ3v) is 3.24. The molecule has 0 unspecified atom stereocenters. The van der Waals surface area contributed by atoms with Crippen molar-refractivity contribution in [3.05, 3.63) is 16.0 Å². The zero-order valence-corrected chi connectivity index (χ0v) is 12.2. The van der Waals surface area contributed by atoms with Crippen LogP contribution >= 0.6 is 22.6 Å². The number of nitrogens with two attached hydrogens (primary N) is 1. The highest BCUT2D eigenvalue weighted by molar-refractivity contribution is 14.1. The van der Waals surface area contributed by atoms with E-state index in [-0.39, 0.29) is 5.95 Å². The number of rotatable bonds is 2. The van der Waals surface area contributed by atoms with E-state index >= 15 is 0 Å². The molecule has 3 rings (SSSR count). The van der Waals surface area contributed by atoms with Gasteiger partial charge in [-0.2, -0.15) is 20.1 Å². The van der Waals surface area contributed by atoms with E-state index in [2.05, 4.69) is 42.6 Å². The monoisotopic (exact) mass is 373 g/mol. The molecule has 0 aliphatic carbocycles. The maximum Gasteiger partial charge on any atom is 0.257 e. The van der Waals surface area contributed by atoms with Crippen LogP contribution in [-0.2, 0) is 4.74 Å². The molecule has 3 heterocycles. The summed E-state index contributed by atoms with van der Waals surface area (Å²) >= 11 is 2.18. The van der Waals surface area contributed by atoms with E-state index in [4.69, 9.17) is 10.5 Å². The molecule has 0 radical (unpaired) electrons. The minimum Gasteiger partial charge on any atom is -0.378 e. The number of halogens is 1. The topological polar surface area (TPSA) is 95.0 Å². The maximum absolute atomic E-state index is 5.75. The Kier molecular flexibility index (Phi) is 3.46. The highest BCUT2D eigenvalue weighted by Gasteiger charge is 2.16. The van der Waals surface area contributed by atoms with E-state index in [0.29, 0.717) is 25.1 Å². The minimum absolute atomic E-state index is 0.192. The number of aromatic nitrogens is 5. The molecular weight excluding hydrogens is 361 g/mol. The van der Waals surface area contributed by atoms with Gasteiger partial charge in [-0.05, 0) is 22.6 Å². The third kappa shape index (κ3) is 2.76. The van der Waals surface area contributed by atoms with Crippen molar-refractivity contribution in [3.63, 3.8) is 0 Å². The van der Waals surface area contributed by atoms with Crippen LogP contribution in [0.25, 0.3) is 5.95 Å². The van der Waals surface area contributed by atoms with Crippen molar-refractivity contribution < 1.29 is 4.74 Å². The molecular formula is C10H12IN7O. The predicted molar refractivity (Wildman–Crippen MR) is 77.1 cm³/mol. The van der Waals surface area contributed by atoms with E-state index in [9.17, 15) is 0 Å². The molecule has 9 heteroatoms. The molecule has 0 atom stereocenters. The van der Waals surface area contributed by atoms with Crippen molar-refractivity contribution in [2.24, 2.45) is 0 Å².